The summed E-state index contributed by atoms with van der Waals surface area (Å²) in [5.41, 5.74) is 0.673. The minimum Gasteiger partial charge on any atom is -0.493 e. The lowest BCUT2D eigenvalue weighted by Crippen LogP contribution is -1.95. The number of non-ortho nitro benzene ring substituents is 1. The van der Waals surface area contributed by atoms with E-state index in [1.165, 1.54) is 12.1 Å². The maximum Gasteiger partial charge on any atom is 0.270 e. The van der Waals surface area contributed by atoms with E-state index in [0.29, 0.717) is 24.3 Å². The van der Waals surface area contributed by atoms with Gasteiger partial charge >= 0.3 is 0 Å². The molecule has 0 bridgehead atoms. The second-order valence-corrected chi connectivity index (χ2v) is 3.33. The summed E-state index contributed by atoms with van der Waals surface area (Å²) >= 11 is 0. The fraction of sp³-hybridized carbons (Fsp3) is 0.333. The first-order valence-electron chi connectivity index (χ1n) is 5.37. The number of hydrogen-bond donors (Lipinski definition) is 1. The fourth-order valence-electron chi connectivity index (χ4n) is 1.35. The highest BCUT2D eigenvalue weighted by Gasteiger charge is 2.09. The lowest BCUT2D eigenvalue weighted by atomic mass is 10.1. The van der Waals surface area contributed by atoms with E-state index in [9.17, 15) is 10.1 Å². The Bertz CT molecular complexity index is 415. The topological polar surface area (TPSA) is 72.6 Å². The Morgan fingerprint density at radius 3 is 2.88 bits per heavy atom. The molecular formula is C12H15NO4. The highest BCUT2D eigenvalue weighted by atomic mass is 16.6. The van der Waals surface area contributed by atoms with Crippen molar-refractivity contribution in [1.29, 1.82) is 0 Å². The van der Waals surface area contributed by atoms with Gasteiger partial charge in [0.2, 0.25) is 0 Å². The van der Waals surface area contributed by atoms with Gasteiger partial charge in [-0.3, -0.25) is 10.1 Å². The van der Waals surface area contributed by atoms with Crippen molar-refractivity contribution < 1.29 is 14.8 Å². The molecule has 5 nitrogen and oxygen atoms in total. The van der Waals surface area contributed by atoms with Crippen LogP contribution in [0.2, 0.25) is 0 Å². The largest absolute Gasteiger partial charge is 0.493 e. The molecule has 1 aromatic rings. The molecule has 5 heteroatoms. The Morgan fingerprint density at radius 2 is 2.29 bits per heavy atom. The van der Waals surface area contributed by atoms with Crippen LogP contribution in [0.25, 0.3) is 6.08 Å². The van der Waals surface area contributed by atoms with Gasteiger partial charge in [0.15, 0.2) is 0 Å². The lowest BCUT2D eigenvalue weighted by Gasteiger charge is -2.06. The molecule has 0 spiro atoms. The maximum atomic E-state index is 10.7. The molecule has 1 N–H and O–H groups in total. The molecular weight excluding hydrogens is 222 g/mol. The molecule has 0 saturated heterocycles. The van der Waals surface area contributed by atoms with Crippen molar-refractivity contribution in [3.05, 3.63) is 40.0 Å². The molecule has 0 fully saturated rings. The third-order valence-electron chi connectivity index (χ3n) is 2.10. The van der Waals surface area contributed by atoms with E-state index in [2.05, 4.69) is 0 Å². The van der Waals surface area contributed by atoms with E-state index >= 15 is 0 Å². The van der Waals surface area contributed by atoms with Crippen LogP contribution in [-0.2, 0) is 0 Å². The first kappa shape index (κ1) is 13.2. The van der Waals surface area contributed by atoms with Crippen molar-refractivity contribution >= 4 is 11.8 Å². The van der Waals surface area contributed by atoms with Gasteiger partial charge in [-0.25, -0.2) is 0 Å². The van der Waals surface area contributed by atoms with Gasteiger partial charge in [-0.15, -0.1) is 0 Å². The summed E-state index contributed by atoms with van der Waals surface area (Å²) < 4.78 is 5.37. The zero-order valence-corrected chi connectivity index (χ0v) is 9.63. The van der Waals surface area contributed by atoms with E-state index in [1.807, 2.05) is 6.92 Å². The Kier molecular flexibility index (Phi) is 5.16. The molecule has 92 valence electrons. The van der Waals surface area contributed by atoms with Crippen LogP contribution in [0.15, 0.2) is 24.3 Å². The lowest BCUT2D eigenvalue weighted by molar-refractivity contribution is -0.384. The third-order valence-corrected chi connectivity index (χ3v) is 2.10. The molecule has 17 heavy (non-hydrogen) atoms. The van der Waals surface area contributed by atoms with Gasteiger partial charge in [0.25, 0.3) is 5.69 Å². The number of benzene rings is 1. The zero-order chi connectivity index (χ0) is 12.7. The Labute approximate surface area is 99.5 Å². The maximum absolute atomic E-state index is 10.7. The molecule has 0 atom stereocenters. The minimum absolute atomic E-state index is 0.0251. The second kappa shape index (κ2) is 6.65. The van der Waals surface area contributed by atoms with Gasteiger partial charge in [-0.1, -0.05) is 12.2 Å². The van der Waals surface area contributed by atoms with Crippen molar-refractivity contribution in [1.82, 2.24) is 0 Å². The van der Waals surface area contributed by atoms with Crippen LogP contribution in [0.3, 0.4) is 0 Å². The van der Waals surface area contributed by atoms with Gasteiger partial charge in [0.1, 0.15) is 5.75 Å². The molecule has 0 unspecified atom stereocenters. The Morgan fingerprint density at radius 1 is 1.53 bits per heavy atom. The number of hydrogen-bond acceptors (Lipinski definition) is 4. The van der Waals surface area contributed by atoms with Gasteiger partial charge in [-0.05, 0) is 19.4 Å². The minimum atomic E-state index is -0.445. The zero-order valence-electron chi connectivity index (χ0n) is 9.63. The number of nitro groups is 1. The Hall–Kier alpha value is -1.88. The van der Waals surface area contributed by atoms with Crippen molar-refractivity contribution in [3.8, 4) is 5.75 Å². The molecule has 0 aliphatic rings. The molecule has 0 amide bonds. The molecule has 0 heterocycles. The fourth-order valence-corrected chi connectivity index (χ4v) is 1.35. The van der Waals surface area contributed by atoms with Gasteiger partial charge in [0.05, 0.1) is 11.5 Å². The summed E-state index contributed by atoms with van der Waals surface area (Å²) in [4.78, 5) is 10.2. The van der Waals surface area contributed by atoms with E-state index in [-0.39, 0.29) is 12.3 Å². The smallest absolute Gasteiger partial charge is 0.270 e. The third kappa shape index (κ3) is 3.88. The Balaban J connectivity index is 3.02. The van der Waals surface area contributed by atoms with E-state index < -0.39 is 4.92 Å². The average molecular weight is 237 g/mol. The van der Waals surface area contributed by atoms with Crippen molar-refractivity contribution in [2.75, 3.05) is 13.2 Å². The number of nitro benzene ring substituents is 1. The first-order valence-corrected chi connectivity index (χ1v) is 5.37. The number of rotatable bonds is 6. The van der Waals surface area contributed by atoms with Gasteiger partial charge in [0, 0.05) is 24.3 Å². The number of aliphatic hydroxyl groups is 1. The predicted octanol–water partition coefficient (Wildman–Crippen LogP) is 2.39. The molecule has 1 rings (SSSR count). The average Bonchev–Trinajstić information content (AvgIpc) is 2.31. The molecule has 0 aliphatic heterocycles. The number of nitrogens with zero attached hydrogens (tertiary/aromatic N) is 1. The van der Waals surface area contributed by atoms with Crippen LogP contribution in [-0.4, -0.2) is 23.2 Å². The van der Waals surface area contributed by atoms with Crippen LogP contribution < -0.4 is 4.74 Å². The normalized spacial score (nSPS) is 10.7. The molecule has 1 aromatic carbocycles. The summed E-state index contributed by atoms with van der Waals surface area (Å²) in [5.74, 6) is 0.604. The SMILES string of the molecule is CCOc1ccc([N+](=O)[O-])cc1C=CCCO. The number of ether oxygens (including phenoxy) is 1. The summed E-state index contributed by atoms with van der Waals surface area (Å²) in [5, 5.41) is 19.3. The van der Waals surface area contributed by atoms with Crippen LogP contribution in [0.4, 0.5) is 5.69 Å². The molecule has 0 saturated carbocycles. The standard InChI is InChI=1S/C12H15NO4/c1-2-17-12-7-6-11(13(15)16)9-10(12)5-3-4-8-14/h3,5-7,9,14H,2,4,8H2,1H3. The molecule has 0 aromatic heterocycles. The molecule has 0 radical (unpaired) electrons. The van der Waals surface area contributed by atoms with Crippen LogP contribution >= 0.6 is 0 Å². The van der Waals surface area contributed by atoms with Crippen molar-refractivity contribution in [2.24, 2.45) is 0 Å². The predicted molar refractivity (Wildman–Crippen MR) is 65.0 cm³/mol. The summed E-state index contributed by atoms with van der Waals surface area (Å²) in [6.07, 6.45) is 3.98. The van der Waals surface area contributed by atoms with Crippen molar-refractivity contribution in [2.45, 2.75) is 13.3 Å². The van der Waals surface area contributed by atoms with Gasteiger partial charge < -0.3 is 9.84 Å². The van der Waals surface area contributed by atoms with Crippen molar-refractivity contribution in [3.63, 3.8) is 0 Å². The van der Waals surface area contributed by atoms with Crippen LogP contribution in [0, 0.1) is 10.1 Å². The van der Waals surface area contributed by atoms with E-state index in [4.69, 9.17) is 9.84 Å². The van der Waals surface area contributed by atoms with E-state index in [0.717, 1.165) is 0 Å². The molecule has 0 aliphatic carbocycles. The first-order chi connectivity index (χ1) is 8.19. The monoisotopic (exact) mass is 237 g/mol. The van der Waals surface area contributed by atoms with Crippen LogP contribution in [0.5, 0.6) is 5.75 Å². The summed E-state index contributed by atoms with van der Waals surface area (Å²) in [7, 11) is 0. The highest BCUT2D eigenvalue weighted by molar-refractivity contribution is 5.61. The van der Waals surface area contributed by atoms with E-state index in [1.54, 1.807) is 18.2 Å². The number of aliphatic hydroxyl groups excluding tert-OH is 1. The highest BCUT2D eigenvalue weighted by Crippen LogP contribution is 2.25. The van der Waals surface area contributed by atoms with Gasteiger partial charge in [-0.2, -0.15) is 0 Å². The summed E-state index contributed by atoms with van der Waals surface area (Å²) in [6, 6.07) is 4.45. The summed E-state index contributed by atoms with van der Waals surface area (Å²) in [6.45, 7) is 2.40. The quantitative estimate of drug-likeness (QED) is 0.609. The second-order valence-electron chi connectivity index (χ2n) is 3.33. The van der Waals surface area contributed by atoms with Crippen LogP contribution in [0.1, 0.15) is 18.9 Å².